The minimum atomic E-state index is -4.67. The maximum atomic E-state index is 10.2. The topological polar surface area (TPSA) is 227 Å². The van der Waals surface area contributed by atoms with E-state index in [1.54, 1.807) is 30.3 Å². The van der Waals surface area contributed by atoms with E-state index in [9.17, 15) is 14.4 Å². The van der Waals surface area contributed by atoms with Crippen molar-refractivity contribution in [1.29, 1.82) is 0 Å². The van der Waals surface area contributed by atoms with Crippen molar-refractivity contribution in [3.8, 4) is 0 Å². The fourth-order valence-electron chi connectivity index (χ4n) is 0.723. The molecule has 0 heterocycles. The number of aliphatic hydroxyl groups is 2. The van der Waals surface area contributed by atoms with Crippen molar-refractivity contribution in [1.82, 2.24) is 0 Å². The average molecular weight is 422 g/mol. The summed E-state index contributed by atoms with van der Waals surface area (Å²) in [6, 6.07) is 8.30. The molecule has 0 spiro atoms. The Morgan fingerprint density at radius 2 is 1.11 bits per heavy atom. The summed E-state index contributed by atoms with van der Waals surface area (Å²) in [7, 11) is -4.67. The molecule has 0 bridgehead atoms. The summed E-state index contributed by atoms with van der Waals surface area (Å²) in [6.07, 6.45) is 1.12. The normalized spacial score (nSPS) is 9.04. The number of carboxylic acid groups (broad SMARTS) is 3. The Hall–Kier alpha value is -1.84. The molecule has 0 saturated heterocycles. The Balaban J connectivity index is -0.000000136. The molecule has 0 aliphatic rings. The molecule has 0 unspecified atom stereocenters. The van der Waals surface area contributed by atoms with E-state index in [0.29, 0.717) is 17.7 Å². The van der Waals surface area contributed by atoms with Crippen LogP contribution in [0.1, 0.15) is 10.4 Å². The van der Waals surface area contributed by atoms with E-state index in [-0.39, 0.29) is 42.8 Å². The Bertz CT molecular complexity index is 631. The van der Waals surface area contributed by atoms with E-state index in [1.807, 2.05) is 0 Å². The Labute approximate surface area is 176 Å². The van der Waals surface area contributed by atoms with Gasteiger partial charge in [-0.2, -0.15) is 8.42 Å². The molecule has 1 aromatic carbocycles. The number of aliphatic hydroxyl groups excluding tert-OH is 2. The first-order valence-electron chi connectivity index (χ1n) is 6.19. The van der Waals surface area contributed by atoms with E-state index < -0.39 is 28.3 Å². The first-order valence-corrected chi connectivity index (χ1v) is 7.58. The van der Waals surface area contributed by atoms with Crippen LogP contribution in [-0.2, 0) is 20.0 Å². The zero-order valence-corrected chi connectivity index (χ0v) is 13.9. The van der Waals surface area contributed by atoms with Gasteiger partial charge >= 0.3 is 57.9 Å². The second-order valence-electron chi connectivity index (χ2n) is 3.58. The number of carbonyl (C=O) groups is 3. The van der Waals surface area contributed by atoms with Gasteiger partial charge in [0.25, 0.3) is 0 Å². The summed E-state index contributed by atoms with van der Waals surface area (Å²) in [5, 5.41) is 39.3. The predicted octanol–water partition coefficient (Wildman–Crippen LogP) is -1.23. The molecule has 1 rings (SSSR count). The summed E-state index contributed by atoms with van der Waals surface area (Å²) in [4.78, 5) is 29.3. The number of hydrogen-bond acceptors (Lipinski definition) is 7. The molecule has 0 aliphatic heterocycles. The summed E-state index contributed by atoms with van der Waals surface area (Å²) in [6.45, 7) is -0.250. The third-order valence-electron chi connectivity index (χ3n) is 1.49. The molecular weight excluding hydrogens is 403 g/mol. The van der Waals surface area contributed by atoms with Gasteiger partial charge in [0.15, 0.2) is 0 Å². The maximum absolute atomic E-state index is 10.2. The van der Waals surface area contributed by atoms with Gasteiger partial charge in [-0.15, -0.1) is 0 Å². The third kappa shape index (κ3) is 45.4. The van der Waals surface area contributed by atoms with Crippen molar-refractivity contribution in [2.75, 3.05) is 13.2 Å². The SMILES string of the molecule is O=C(O)/C=C/C(=O)O.O=C(O)c1ccccc1.O=S(=O)(O)O.OCCO.[NaH]. The van der Waals surface area contributed by atoms with Gasteiger partial charge in [0.2, 0.25) is 0 Å². The fraction of sp³-hybridized carbons (Fsp3) is 0.154. The first-order chi connectivity index (χ1) is 11.8. The second kappa shape index (κ2) is 20.5. The minimum absolute atomic E-state index is 0. The molecular formula is C13H19NaO12S. The van der Waals surface area contributed by atoms with Crippen LogP contribution in [0.3, 0.4) is 0 Å². The van der Waals surface area contributed by atoms with Crippen LogP contribution in [0.15, 0.2) is 42.5 Å². The van der Waals surface area contributed by atoms with Crippen LogP contribution in [0.4, 0.5) is 0 Å². The molecule has 0 amide bonds. The number of hydrogen-bond donors (Lipinski definition) is 7. The second-order valence-corrected chi connectivity index (χ2v) is 4.47. The third-order valence-corrected chi connectivity index (χ3v) is 1.49. The molecule has 14 heteroatoms. The van der Waals surface area contributed by atoms with Crippen LogP contribution in [0.2, 0.25) is 0 Å². The zero-order chi connectivity index (χ0) is 21.2. The van der Waals surface area contributed by atoms with Gasteiger partial charge in [-0.25, -0.2) is 14.4 Å². The Morgan fingerprint density at radius 3 is 1.26 bits per heavy atom. The number of benzene rings is 1. The van der Waals surface area contributed by atoms with Crippen molar-refractivity contribution in [3.05, 3.63) is 48.0 Å². The molecule has 1 aromatic rings. The first kappa shape index (κ1) is 32.8. The molecule has 0 aromatic heterocycles. The van der Waals surface area contributed by atoms with Crippen LogP contribution in [0.5, 0.6) is 0 Å². The van der Waals surface area contributed by atoms with E-state index in [2.05, 4.69) is 0 Å². The van der Waals surface area contributed by atoms with E-state index >= 15 is 0 Å². The van der Waals surface area contributed by atoms with Crippen molar-refractivity contribution in [2.24, 2.45) is 0 Å². The predicted molar refractivity (Wildman–Crippen MR) is 93.3 cm³/mol. The molecule has 0 radical (unpaired) electrons. The van der Waals surface area contributed by atoms with Crippen LogP contribution in [0.25, 0.3) is 0 Å². The van der Waals surface area contributed by atoms with Crippen LogP contribution >= 0.6 is 0 Å². The van der Waals surface area contributed by atoms with Crippen molar-refractivity contribution >= 4 is 57.9 Å². The Morgan fingerprint density at radius 1 is 0.815 bits per heavy atom. The van der Waals surface area contributed by atoms with Gasteiger partial charge in [0, 0.05) is 12.2 Å². The van der Waals surface area contributed by atoms with Gasteiger partial charge < -0.3 is 25.5 Å². The van der Waals surface area contributed by atoms with Crippen molar-refractivity contribution in [2.45, 2.75) is 0 Å². The van der Waals surface area contributed by atoms with Gasteiger partial charge in [-0.1, -0.05) is 18.2 Å². The zero-order valence-electron chi connectivity index (χ0n) is 13.0. The molecule has 12 nitrogen and oxygen atoms in total. The number of aromatic carboxylic acids is 1. The molecule has 7 N–H and O–H groups in total. The monoisotopic (exact) mass is 422 g/mol. The molecule has 27 heavy (non-hydrogen) atoms. The van der Waals surface area contributed by atoms with Crippen LogP contribution in [-0.4, -0.2) is 104 Å². The van der Waals surface area contributed by atoms with Gasteiger partial charge in [-0.3, -0.25) is 9.11 Å². The van der Waals surface area contributed by atoms with E-state index in [4.69, 9.17) is 43.1 Å². The fourth-order valence-corrected chi connectivity index (χ4v) is 0.723. The summed E-state index contributed by atoms with van der Waals surface area (Å²) in [5.74, 6) is -3.39. The number of rotatable bonds is 4. The van der Waals surface area contributed by atoms with E-state index in [0.717, 1.165) is 0 Å². The number of carboxylic acids is 3. The number of aliphatic carboxylic acids is 2. The summed E-state index contributed by atoms with van der Waals surface area (Å²) in [5.41, 5.74) is 0.331. The standard InChI is InChI=1S/C7H6O2.C4H4O4.C2H6O2.Na.H2O4S.H/c8-7(9)6-4-2-1-3-5-6;5-3(6)1-2-4(7)8;3-1-2-4;;1-5(2,3)4;/h1-5H,(H,8,9);1-2H,(H,5,6)(H,7,8);3-4H,1-2H2;;(H2,1,2,3,4);/b;2-1+;;;;. The van der Waals surface area contributed by atoms with E-state index in [1.165, 1.54) is 0 Å². The molecule has 0 aliphatic carbocycles. The van der Waals surface area contributed by atoms with Gasteiger partial charge in [0.05, 0.1) is 18.8 Å². The van der Waals surface area contributed by atoms with Crippen LogP contribution < -0.4 is 0 Å². The molecule has 0 fully saturated rings. The summed E-state index contributed by atoms with van der Waals surface area (Å²) >= 11 is 0. The van der Waals surface area contributed by atoms with Gasteiger partial charge in [0.1, 0.15) is 0 Å². The van der Waals surface area contributed by atoms with Crippen molar-refractivity contribution in [3.63, 3.8) is 0 Å². The molecule has 150 valence electrons. The average Bonchev–Trinajstić information content (AvgIpc) is 2.53. The van der Waals surface area contributed by atoms with Gasteiger partial charge in [-0.05, 0) is 12.1 Å². The van der Waals surface area contributed by atoms with Crippen LogP contribution in [0, 0.1) is 0 Å². The summed E-state index contributed by atoms with van der Waals surface area (Å²) < 4.78 is 31.6. The quantitative estimate of drug-likeness (QED) is 0.172. The Kier molecular flexibility index (Phi) is 24.9. The molecule has 0 saturated carbocycles. The van der Waals surface area contributed by atoms with Crippen molar-refractivity contribution < 1.29 is 57.4 Å². The molecule has 0 atom stereocenters.